The number of hydrogen-bond donors (Lipinski definition) is 1. The van der Waals surface area contributed by atoms with Gasteiger partial charge in [-0.05, 0) is 146 Å². The molecule has 2 heterocycles. The van der Waals surface area contributed by atoms with Crippen LogP contribution < -0.4 is 0 Å². The van der Waals surface area contributed by atoms with E-state index in [-0.39, 0.29) is 11.2 Å². The minimum absolute atomic E-state index is 0.0502. The topological polar surface area (TPSA) is 50.9 Å². The zero-order valence-electron chi connectivity index (χ0n) is 42.9. The van der Waals surface area contributed by atoms with E-state index >= 15 is 0 Å². The van der Waals surface area contributed by atoms with Crippen molar-refractivity contribution in [2.45, 2.75) is 92.3 Å². The number of nitrogens with zero attached hydrogens (tertiary/aromatic N) is 3. The van der Waals surface area contributed by atoms with E-state index in [1.807, 2.05) is 52.1 Å². The standard InChI is InChI=1S/C62H61N3O/c1-38(2)45-34-54(40(5)6)60(66)55(35-45)61-64-59-50(20-16-22-58(59)65(61)49-27-28-51(53(37-49)39(3)4)52-19-14-15-21-56(52)62(8,9)10)47-31-46(42-17-12-11-13-18-42)32-48(33-47)57-36-44(29-30-63-57)43-25-23-41(7)24-26-43/h11-40,66H,1-10H3/i38D,39D,40D. The van der Waals surface area contributed by atoms with Crippen molar-refractivity contribution >= 4 is 11.0 Å². The second-order valence-electron chi connectivity index (χ2n) is 19.4. The molecule has 0 aliphatic rings. The molecule has 9 rings (SSSR count). The normalized spacial score (nSPS) is 13.1. The summed E-state index contributed by atoms with van der Waals surface area (Å²) in [6, 6.07) is 54.4. The van der Waals surface area contributed by atoms with Crippen molar-refractivity contribution in [3.63, 3.8) is 0 Å². The lowest BCUT2D eigenvalue weighted by atomic mass is 9.80. The maximum Gasteiger partial charge on any atom is 0.149 e. The van der Waals surface area contributed by atoms with E-state index in [2.05, 4.69) is 166 Å². The Balaban J connectivity index is 1.35. The Morgan fingerprint density at radius 2 is 1.20 bits per heavy atom. The number of rotatable bonds is 10. The zero-order valence-corrected chi connectivity index (χ0v) is 39.9. The van der Waals surface area contributed by atoms with Gasteiger partial charge >= 0.3 is 0 Å². The van der Waals surface area contributed by atoms with Crippen LogP contribution in [0.5, 0.6) is 5.75 Å². The number of aromatic nitrogens is 3. The first-order chi connectivity index (χ1) is 32.6. The van der Waals surface area contributed by atoms with Crippen molar-refractivity contribution in [2.24, 2.45) is 0 Å². The molecule has 0 amide bonds. The fraction of sp³-hybridized carbons (Fsp3) is 0.226. The molecule has 1 N–H and O–H groups in total. The minimum Gasteiger partial charge on any atom is -0.507 e. The molecule has 66 heavy (non-hydrogen) atoms. The number of fused-ring (bicyclic) bond motifs is 1. The predicted octanol–water partition coefficient (Wildman–Crippen LogP) is 17.1. The number of aryl methyl sites for hydroxylation is 1. The molecule has 4 nitrogen and oxygen atoms in total. The van der Waals surface area contributed by atoms with E-state index in [4.69, 9.17) is 9.97 Å². The van der Waals surface area contributed by atoms with E-state index in [1.165, 1.54) is 11.1 Å². The van der Waals surface area contributed by atoms with E-state index in [0.29, 0.717) is 28.0 Å². The molecule has 0 bridgehead atoms. The number of hydrogen-bond acceptors (Lipinski definition) is 3. The van der Waals surface area contributed by atoms with Gasteiger partial charge in [-0.25, -0.2) is 4.98 Å². The molecule has 0 spiro atoms. The molecule has 0 atom stereocenters. The summed E-state index contributed by atoms with van der Waals surface area (Å²) in [4.78, 5) is 10.5. The summed E-state index contributed by atoms with van der Waals surface area (Å²) in [5.41, 5.74) is 16.9. The van der Waals surface area contributed by atoms with Gasteiger partial charge in [0.2, 0.25) is 0 Å². The van der Waals surface area contributed by atoms with Crippen LogP contribution >= 0.6 is 0 Å². The first-order valence-corrected chi connectivity index (χ1v) is 23.0. The Labute approximate surface area is 395 Å². The first kappa shape index (κ1) is 40.5. The van der Waals surface area contributed by atoms with Gasteiger partial charge in [-0.15, -0.1) is 0 Å². The van der Waals surface area contributed by atoms with E-state index < -0.39 is 17.7 Å². The van der Waals surface area contributed by atoms with Crippen LogP contribution in [0.1, 0.15) is 112 Å². The fourth-order valence-electron chi connectivity index (χ4n) is 9.18. The molecule has 0 aliphatic carbocycles. The summed E-state index contributed by atoms with van der Waals surface area (Å²) >= 11 is 0. The molecule has 0 fully saturated rings. The maximum absolute atomic E-state index is 12.4. The number of aromatic hydroxyl groups is 1. The van der Waals surface area contributed by atoms with Gasteiger partial charge in [-0.3, -0.25) is 9.55 Å². The van der Waals surface area contributed by atoms with Crippen LogP contribution in [-0.4, -0.2) is 19.6 Å². The van der Waals surface area contributed by atoms with Gasteiger partial charge in [0.25, 0.3) is 0 Å². The summed E-state index contributed by atoms with van der Waals surface area (Å²) in [5, 5.41) is 12.4. The quantitative estimate of drug-likeness (QED) is 0.149. The van der Waals surface area contributed by atoms with Gasteiger partial charge in [0, 0.05) is 27.1 Å². The van der Waals surface area contributed by atoms with Crippen molar-refractivity contribution < 1.29 is 9.22 Å². The van der Waals surface area contributed by atoms with Crippen LogP contribution in [0.15, 0.2) is 164 Å². The van der Waals surface area contributed by atoms with E-state index in [0.717, 1.165) is 72.5 Å². The Morgan fingerprint density at radius 3 is 1.91 bits per heavy atom. The van der Waals surface area contributed by atoms with Crippen molar-refractivity contribution in [1.29, 1.82) is 0 Å². The summed E-state index contributed by atoms with van der Waals surface area (Å²) < 4.78 is 30.1. The van der Waals surface area contributed by atoms with Gasteiger partial charge in [0.05, 0.1) is 22.3 Å². The highest BCUT2D eigenvalue weighted by Gasteiger charge is 2.26. The van der Waals surface area contributed by atoms with Crippen LogP contribution in [0.25, 0.3) is 83.9 Å². The fourth-order valence-corrected chi connectivity index (χ4v) is 9.18. The average Bonchev–Trinajstić information content (AvgIpc) is 3.70. The van der Waals surface area contributed by atoms with Crippen molar-refractivity contribution in [2.75, 3.05) is 0 Å². The lowest BCUT2D eigenvalue weighted by Crippen LogP contribution is -2.13. The smallest absolute Gasteiger partial charge is 0.149 e. The Kier molecular flexibility index (Phi) is 10.9. The molecule has 0 unspecified atom stereocenters. The molecule has 0 saturated carbocycles. The van der Waals surface area contributed by atoms with Gasteiger partial charge in [-0.1, -0.05) is 171 Å². The lowest BCUT2D eigenvalue weighted by Gasteiger charge is -2.25. The average molecular weight is 867 g/mol. The number of para-hydroxylation sites is 1. The van der Waals surface area contributed by atoms with Crippen LogP contribution in [-0.2, 0) is 5.41 Å². The molecule has 0 aliphatic heterocycles. The second-order valence-corrected chi connectivity index (χ2v) is 19.4. The van der Waals surface area contributed by atoms with Crippen LogP contribution in [0, 0.1) is 6.92 Å². The monoisotopic (exact) mass is 867 g/mol. The first-order valence-electron chi connectivity index (χ1n) is 24.5. The Bertz CT molecular complexity index is 3380. The number of phenolic OH excluding ortho intramolecular Hbond substituents is 1. The molecule has 330 valence electrons. The third-order valence-corrected chi connectivity index (χ3v) is 12.8. The van der Waals surface area contributed by atoms with Gasteiger partial charge in [0.1, 0.15) is 11.6 Å². The van der Waals surface area contributed by atoms with Crippen molar-refractivity contribution in [1.82, 2.24) is 14.5 Å². The van der Waals surface area contributed by atoms with Crippen LogP contribution in [0.2, 0.25) is 0 Å². The van der Waals surface area contributed by atoms with Gasteiger partial charge in [-0.2, -0.15) is 0 Å². The Hall–Kier alpha value is -7.04. The number of imidazole rings is 1. The highest BCUT2D eigenvalue weighted by molar-refractivity contribution is 5.98. The highest BCUT2D eigenvalue weighted by Crippen LogP contribution is 2.45. The molecule has 4 heteroatoms. The summed E-state index contributed by atoms with van der Waals surface area (Å²) in [5.74, 6) is -2.82. The third kappa shape index (κ3) is 8.49. The number of benzene rings is 7. The SMILES string of the molecule is [2H]C(C)(C)c1cc(-c2nc3c(-c4cc(-c5ccccc5)cc(-c5cc(-c6ccc(C)cc6)ccn5)c4)cccc3n2-c2ccc(-c3ccccc3C(C)(C)C)c(C([2H])(C)C)c2)c(O)c(C([2H])(C)C)c1. The van der Waals surface area contributed by atoms with Gasteiger partial charge in [0.15, 0.2) is 0 Å². The minimum atomic E-state index is -1.19. The van der Waals surface area contributed by atoms with E-state index in [1.54, 1.807) is 19.9 Å². The molecule has 7 aromatic carbocycles. The van der Waals surface area contributed by atoms with Gasteiger partial charge < -0.3 is 5.11 Å². The Morgan fingerprint density at radius 1 is 0.530 bits per heavy atom. The van der Waals surface area contributed by atoms with E-state index in [9.17, 15) is 9.22 Å². The summed E-state index contributed by atoms with van der Waals surface area (Å²) in [6.45, 7) is 19.8. The molecule has 0 radical (unpaired) electrons. The van der Waals surface area contributed by atoms with Crippen molar-refractivity contribution in [3.05, 3.63) is 192 Å². The van der Waals surface area contributed by atoms with Crippen molar-refractivity contribution in [3.8, 4) is 78.6 Å². The van der Waals surface area contributed by atoms with Crippen LogP contribution in [0.4, 0.5) is 0 Å². The number of pyridine rings is 1. The molecule has 0 saturated heterocycles. The molecular formula is C62H61N3O. The summed E-state index contributed by atoms with van der Waals surface area (Å²) in [7, 11) is 0. The highest BCUT2D eigenvalue weighted by atomic mass is 16.3. The molecular weight excluding hydrogens is 803 g/mol. The van der Waals surface area contributed by atoms with Crippen LogP contribution in [0.3, 0.4) is 0 Å². The lowest BCUT2D eigenvalue weighted by molar-refractivity contribution is 0.466. The molecule has 9 aromatic rings. The predicted molar refractivity (Wildman–Crippen MR) is 279 cm³/mol. The zero-order chi connectivity index (χ0) is 49.2. The third-order valence-electron chi connectivity index (χ3n) is 12.8. The number of phenols is 1. The summed E-state index contributed by atoms with van der Waals surface area (Å²) in [6.07, 6.45) is 1.87. The maximum atomic E-state index is 12.4. The molecule has 2 aromatic heterocycles. The second kappa shape index (κ2) is 17.7. The largest absolute Gasteiger partial charge is 0.507 e.